The zero-order valence-corrected chi connectivity index (χ0v) is 8.32. The summed E-state index contributed by atoms with van der Waals surface area (Å²) in [5, 5.41) is 8.53. The lowest BCUT2D eigenvalue weighted by Gasteiger charge is -2.13. The number of carboxylic acids is 1. The van der Waals surface area contributed by atoms with E-state index in [9.17, 15) is 22.8 Å². The van der Waals surface area contributed by atoms with Gasteiger partial charge in [0.05, 0.1) is 12.0 Å². The number of aldehydes is 1. The van der Waals surface area contributed by atoms with Crippen molar-refractivity contribution < 1.29 is 32.6 Å². The van der Waals surface area contributed by atoms with Crippen molar-refractivity contribution in [3.63, 3.8) is 0 Å². The molecule has 0 saturated heterocycles. The zero-order chi connectivity index (χ0) is 13.1. The summed E-state index contributed by atoms with van der Waals surface area (Å²) in [6.45, 7) is 0. The summed E-state index contributed by atoms with van der Waals surface area (Å²) in [5.74, 6) is -2.09. The van der Waals surface area contributed by atoms with Crippen molar-refractivity contribution in [1.82, 2.24) is 0 Å². The van der Waals surface area contributed by atoms with Gasteiger partial charge in [-0.1, -0.05) is 12.1 Å². The fraction of sp³-hybridized carbons (Fsp3) is 0.200. The van der Waals surface area contributed by atoms with E-state index in [1.807, 2.05) is 0 Å². The monoisotopic (exact) mass is 248 g/mol. The molecule has 1 aromatic carbocycles. The highest BCUT2D eigenvalue weighted by molar-refractivity contribution is 5.82. The molecule has 0 aliphatic carbocycles. The average Bonchev–Trinajstić information content (AvgIpc) is 2.17. The predicted molar refractivity (Wildman–Crippen MR) is 49.9 cm³/mol. The van der Waals surface area contributed by atoms with E-state index in [1.165, 1.54) is 6.07 Å². The summed E-state index contributed by atoms with van der Waals surface area (Å²) in [5.41, 5.74) is -0.555. The number of carboxylic acid groups (broad SMARTS) is 1. The van der Waals surface area contributed by atoms with Crippen molar-refractivity contribution in [3.8, 4) is 5.75 Å². The van der Waals surface area contributed by atoms with Gasteiger partial charge >= 0.3 is 12.3 Å². The molecule has 4 nitrogen and oxygen atoms in total. The Balaban J connectivity index is 3.20. The van der Waals surface area contributed by atoms with E-state index in [4.69, 9.17) is 5.11 Å². The van der Waals surface area contributed by atoms with Crippen LogP contribution in [0.5, 0.6) is 5.75 Å². The van der Waals surface area contributed by atoms with E-state index in [0.29, 0.717) is 0 Å². The van der Waals surface area contributed by atoms with Crippen molar-refractivity contribution in [2.24, 2.45) is 0 Å². The van der Waals surface area contributed by atoms with Gasteiger partial charge in [-0.3, -0.25) is 9.59 Å². The number of hydrogen-bond donors (Lipinski definition) is 1. The standard InChI is InChI=1S/C10H7F3O4/c11-10(12,13)17-9-6(4-8(15)16)2-1-3-7(9)5-14/h1-3,5H,4H2,(H,15,16). The van der Waals surface area contributed by atoms with E-state index in [2.05, 4.69) is 4.74 Å². The number of para-hydroxylation sites is 1. The van der Waals surface area contributed by atoms with Crippen molar-refractivity contribution >= 4 is 12.3 Å². The van der Waals surface area contributed by atoms with Crippen LogP contribution in [0.2, 0.25) is 0 Å². The minimum atomic E-state index is -4.98. The molecule has 0 bridgehead atoms. The molecule has 0 heterocycles. The maximum Gasteiger partial charge on any atom is 0.573 e. The van der Waals surface area contributed by atoms with Gasteiger partial charge in [0, 0.05) is 5.56 Å². The fourth-order valence-corrected chi connectivity index (χ4v) is 1.24. The quantitative estimate of drug-likeness (QED) is 0.828. The second-order valence-corrected chi connectivity index (χ2v) is 3.07. The molecule has 1 rings (SSSR count). The molecule has 0 atom stereocenters. The maximum absolute atomic E-state index is 12.1. The number of carbonyl (C=O) groups is 2. The molecule has 1 aromatic rings. The Bertz CT molecular complexity index is 440. The molecule has 0 amide bonds. The van der Waals surface area contributed by atoms with E-state index >= 15 is 0 Å². The SMILES string of the molecule is O=Cc1cccc(CC(=O)O)c1OC(F)(F)F. The van der Waals surface area contributed by atoms with Crippen LogP contribution in [-0.4, -0.2) is 23.7 Å². The number of carbonyl (C=O) groups excluding carboxylic acids is 1. The van der Waals surface area contributed by atoms with E-state index in [0.717, 1.165) is 12.1 Å². The van der Waals surface area contributed by atoms with Crippen LogP contribution >= 0.6 is 0 Å². The lowest BCUT2D eigenvalue weighted by atomic mass is 10.1. The summed E-state index contributed by atoms with van der Waals surface area (Å²) < 4.78 is 39.9. The number of benzene rings is 1. The van der Waals surface area contributed by atoms with Crippen LogP contribution in [0.15, 0.2) is 18.2 Å². The van der Waals surface area contributed by atoms with Gasteiger partial charge in [0.25, 0.3) is 0 Å². The number of rotatable bonds is 4. The molecule has 7 heteroatoms. The topological polar surface area (TPSA) is 63.6 Å². The normalized spacial score (nSPS) is 11.0. The molecule has 0 unspecified atom stereocenters. The molecule has 0 radical (unpaired) electrons. The van der Waals surface area contributed by atoms with E-state index < -0.39 is 24.5 Å². The van der Waals surface area contributed by atoms with Crippen LogP contribution in [0.1, 0.15) is 15.9 Å². The zero-order valence-electron chi connectivity index (χ0n) is 8.32. The third-order valence-electron chi connectivity index (χ3n) is 1.81. The second-order valence-electron chi connectivity index (χ2n) is 3.07. The lowest BCUT2D eigenvalue weighted by molar-refractivity contribution is -0.275. The Hall–Kier alpha value is -2.05. The summed E-state index contributed by atoms with van der Waals surface area (Å²) in [4.78, 5) is 21.0. The predicted octanol–water partition coefficient (Wildman–Crippen LogP) is 2.02. The minimum absolute atomic E-state index is 0.173. The third-order valence-corrected chi connectivity index (χ3v) is 1.81. The number of ether oxygens (including phenoxy) is 1. The molecular formula is C10H7F3O4. The summed E-state index contributed by atoms with van der Waals surface area (Å²) in [7, 11) is 0. The fourth-order valence-electron chi connectivity index (χ4n) is 1.24. The van der Waals surface area contributed by atoms with Crippen LogP contribution in [0.4, 0.5) is 13.2 Å². The Morgan fingerprint density at radius 3 is 2.53 bits per heavy atom. The number of hydrogen-bond acceptors (Lipinski definition) is 3. The van der Waals surface area contributed by atoms with Crippen molar-refractivity contribution in [2.75, 3.05) is 0 Å². The Labute approximate surface area is 93.6 Å². The van der Waals surface area contributed by atoms with Crippen molar-refractivity contribution in [2.45, 2.75) is 12.8 Å². The Kier molecular flexibility index (Phi) is 3.72. The largest absolute Gasteiger partial charge is 0.573 e. The van der Waals surface area contributed by atoms with Gasteiger partial charge in [-0.15, -0.1) is 13.2 Å². The van der Waals surface area contributed by atoms with Gasteiger partial charge in [0.2, 0.25) is 0 Å². The summed E-state index contributed by atoms with van der Waals surface area (Å²) in [6, 6.07) is 3.55. The van der Waals surface area contributed by atoms with Gasteiger partial charge < -0.3 is 9.84 Å². The van der Waals surface area contributed by atoms with Crippen LogP contribution in [0.25, 0.3) is 0 Å². The summed E-state index contributed by atoms with van der Waals surface area (Å²) in [6.07, 6.45) is -5.47. The smallest absolute Gasteiger partial charge is 0.481 e. The second kappa shape index (κ2) is 4.86. The van der Waals surface area contributed by atoms with Gasteiger partial charge in [0.15, 0.2) is 6.29 Å². The van der Waals surface area contributed by atoms with Crippen LogP contribution < -0.4 is 4.74 Å². The lowest BCUT2D eigenvalue weighted by Crippen LogP contribution is -2.19. The number of aliphatic carboxylic acids is 1. The molecule has 17 heavy (non-hydrogen) atoms. The van der Waals surface area contributed by atoms with E-state index in [-0.39, 0.29) is 17.4 Å². The molecule has 0 aliphatic rings. The minimum Gasteiger partial charge on any atom is -0.481 e. The first kappa shape index (κ1) is 13.0. The molecule has 1 N–H and O–H groups in total. The Morgan fingerprint density at radius 2 is 2.06 bits per heavy atom. The van der Waals surface area contributed by atoms with Gasteiger partial charge in [-0.25, -0.2) is 0 Å². The average molecular weight is 248 g/mol. The molecule has 0 aromatic heterocycles. The maximum atomic E-state index is 12.1. The van der Waals surface area contributed by atoms with Crippen molar-refractivity contribution in [1.29, 1.82) is 0 Å². The van der Waals surface area contributed by atoms with E-state index in [1.54, 1.807) is 0 Å². The third kappa shape index (κ3) is 3.78. The summed E-state index contributed by atoms with van der Waals surface area (Å²) >= 11 is 0. The number of halogens is 3. The first-order chi connectivity index (χ1) is 7.83. The first-order valence-electron chi connectivity index (χ1n) is 4.38. The molecule has 92 valence electrons. The first-order valence-corrected chi connectivity index (χ1v) is 4.38. The van der Waals surface area contributed by atoms with Crippen LogP contribution in [0.3, 0.4) is 0 Å². The highest BCUT2D eigenvalue weighted by atomic mass is 19.4. The van der Waals surface area contributed by atoms with Crippen molar-refractivity contribution in [3.05, 3.63) is 29.3 Å². The molecular weight excluding hydrogens is 241 g/mol. The highest BCUT2D eigenvalue weighted by Gasteiger charge is 2.33. The Morgan fingerprint density at radius 1 is 1.41 bits per heavy atom. The highest BCUT2D eigenvalue weighted by Crippen LogP contribution is 2.29. The molecule has 0 fully saturated rings. The van der Waals surface area contributed by atoms with Crippen LogP contribution in [0, 0.1) is 0 Å². The van der Waals surface area contributed by atoms with Gasteiger partial charge in [-0.05, 0) is 6.07 Å². The molecule has 0 spiro atoms. The van der Waals surface area contributed by atoms with Gasteiger partial charge in [0.1, 0.15) is 5.75 Å². The molecule has 0 aliphatic heterocycles. The van der Waals surface area contributed by atoms with Gasteiger partial charge in [-0.2, -0.15) is 0 Å². The number of alkyl halides is 3. The van der Waals surface area contributed by atoms with Crippen LogP contribution in [-0.2, 0) is 11.2 Å². The molecule has 0 saturated carbocycles.